The summed E-state index contributed by atoms with van der Waals surface area (Å²) in [5.41, 5.74) is 0.902. The molecule has 1 unspecified atom stereocenters. The van der Waals surface area contributed by atoms with Crippen LogP contribution in [-0.2, 0) is 22.6 Å². The second-order valence-electron chi connectivity index (χ2n) is 3.17. The highest BCUT2D eigenvalue weighted by molar-refractivity contribution is 5.76. The second-order valence-corrected chi connectivity index (χ2v) is 3.17. The maximum Gasteiger partial charge on any atom is 0.326 e. The average Bonchev–Trinajstić information content (AvgIpc) is 2.64. The molecule has 0 aliphatic carbocycles. The molecule has 1 aromatic heterocycles. The lowest BCUT2D eigenvalue weighted by atomic mass is 10.1. The molecule has 5 heteroatoms. The van der Waals surface area contributed by atoms with Gasteiger partial charge in [-0.25, -0.2) is 4.79 Å². The van der Waals surface area contributed by atoms with E-state index in [0.29, 0.717) is 12.8 Å². The molecular formula is C10H14N2O3. The van der Waals surface area contributed by atoms with Crippen molar-refractivity contribution in [2.45, 2.75) is 25.9 Å². The number of rotatable bonds is 6. The normalized spacial score (nSPS) is 12.1. The van der Waals surface area contributed by atoms with E-state index >= 15 is 0 Å². The van der Waals surface area contributed by atoms with E-state index in [0.717, 1.165) is 12.2 Å². The van der Waals surface area contributed by atoms with E-state index in [9.17, 15) is 9.59 Å². The van der Waals surface area contributed by atoms with Gasteiger partial charge in [0.2, 0.25) is 6.41 Å². The quantitative estimate of drug-likeness (QED) is 0.661. The number of aliphatic carboxylic acids is 1. The fourth-order valence-electron chi connectivity index (χ4n) is 1.45. The Morgan fingerprint density at radius 1 is 1.73 bits per heavy atom. The minimum Gasteiger partial charge on any atom is -0.480 e. The molecule has 1 heterocycles. The van der Waals surface area contributed by atoms with Crippen molar-refractivity contribution in [2.24, 2.45) is 0 Å². The highest BCUT2D eigenvalue weighted by Crippen LogP contribution is 2.05. The maximum absolute atomic E-state index is 10.8. The van der Waals surface area contributed by atoms with Crippen LogP contribution in [-0.4, -0.2) is 28.1 Å². The summed E-state index contributed by atoms with van der Waals surface area (Å²) in [5.74, 6) is -1.02. The number of aryl methyl sites for hydroxylation is 1. The van der Waals surface area contributed by atoms with Crippen molar-refractivity contribution in [3.8, 4) is 0 Å². The summed E-state index contributed by atoms with van der Waals surface area (Å²) in [4.78, 5) is 21.0. The molecule has 0 fully saturated rings. The van der Waals surface area contributed by atoms with Crippen LogP contribution in [0.4, 0.5) is 0 Å². The molecule has 1 atom stereocenters. The molecule has 1 aromatic rings. The van der Waals surface area contributed by atoms with E-state index in [-0.39, 0.29) is 0 Å². The van der Waals surface area contributed by atoms with Gasteiger partial charge in [-0.3, -0.25) is 4.79 Å². The van der Waals surface area contributed by atoms with Gasteiger partial charge in [-0.2, -0.15) is 0 Å². The summed E-state index contributed by atoms with van der Waals surface area (Å²) in [7, 11) is 0. The van der Waals surface area contributed by atoms with Crippen LogP contribution in [0.25, 0.3) is 0 Å². The van der Waals surface area contributed by atoms with Crippen LogP contribution in [0.3, 0.4) is 0 Å². The molecular weight excluding hydrogens is 196 g/mol. The number of nitrogens with zero attached hydrogens (tertiary/aromatic N) is 1. The third-order valence-electron chi connectivity index (χ3n) is 2.24. The van der Waals surface area contributed by atoms with Crippen molar-refractivity contribution >= 4 is 12.4 Å². The number of carbonyl (C=O) groups is 2. The molecule has 0 aromatic carbocycles. The second kappa shape index (κ2) is 5.19. The molecule has 0 spiro atoms. The predicted octanol–water partition coefficient (Wildman–Crippen LogP) is 0.250. The first-order valence-electron chi connectivity index (χ1n) is 4.75. The summed E-state index contributed by atoms with van der Waals surface area (Å²) < 4.78 is 1.95. The van der Waals surface area contributed by atoms with E-state index in [4.69, 9.17) is 5.11 Å². The van der Waals surface area contributed by atoms with Crippen LogP contribution in [0.1, 0.15) is 12.6 Å². The number of amides is 1. The van der Waals surface area contributed by atoms with Crippen molar-refractivity contribution in [3.05, 3.63) is 24.0 Å². The highest BCUT2D eigenvalue weighted by Gasteiger charge is 2.17. The Morgan fingerprint density at radius 2 is 2.47 bits per heavy atom. The predicted molar refractivity (Wildman–Crippen MR) is 54.4 cm³/mol. The minimum atomic E-state index is -1.02. The van der Waals surface area contributed by atoms with Gasteiger partial charge in [-0.1, -0.05) is 0 Å². The number of hydrogen-bond donors (Lipinski definition) is 2. The fourth-order valence-corrected chi connectivity index (χ4v) is 1.45. The molecule has 0 aliphatic heterocycles. The number of hydrogen-bond acceptors (Lipinski definition) is 2. The zero-order chi connectivity index (χ0) is 11.3. The van der Waals surface area contributed by atoms with E-state index in [1.54, 1.807) is 0 Å². The summed E-state index contributed by atoms with van der Waals surface area (Å²) in [5, 5.41) is 11.1. The van der Waals surface area contributed by atoms with Crippen LogP contribution in [0, 0.1) is 0 Å². The van der Waals surface area contributed by atoms with Crippen LogP contribution in [0.2, 0.25) is 0 Å². The standard InChI is InChI=1S/C10H14N2O3/c1-2-12-5-3-4-8(12)6-9(10(14)15)11-7-13/h3-5,7,9H,2,6H2,1H3,(H,11,13)(H,14,15). The first-order valence-corrected chi connectivity index (χ1v) is 4.75. The zero-order valence-corrected chi connectivity index (χ0v) is 8.51. The van der Waals surface area contributed by atoms with Gasteiger partial charge in [0.1, 0.15) is 6.04 Å². The Hall–Kier alpha value is -1.78. The molecule has 82 valence electrons. The molecule has 15 heavy (non-hydrogen) atoms. The Balaban J connectivity index is 2.73. The number of aromatic nitrogens is 1. The van der Waals surface area contributed by atoms with E-state index in [2.05, 4.69) is 5.32 Å². The van der Waals surface area contributed by atoms with Crippen LogP contribution < -0.4 is 5.32 Å². The van der Waals surface area contributed by atoms with Crippen molar-refractivity contribution in [1.29, 1.82) is 0 Å². The molecule has 1 rings (SSSR count). The third kappa shape index (κ3) is 2.83. The Morgan fingerprint density at radius 3 is 3.00 bits per heavy atom. The summed E-state index contributed by atoms with van der Waals surface area (Å²) in [6, 6.07) is 2.85. The molecule has 1 amide bonds. The number of carboxylic acids is 1. The molecule has 0 radical (unpaired) electrons. The minimum absolute atomic E-state index is 0.301. The molecule has 0 saturated heterocycles. The van der Waals surface area contributed by atoms with E-state index < -0.39 is 12.0 Å². The van der Waals surface area contributed by atoms with Gasteiger partial charge in [-0.05, 0) is 19.1 Å². The lowest BCUT2D eigenvalue weighted by molar-refractivity contribution is -0.140. The molecule has 2 N–H and O–H groups in total. The van der Waals surface area contributed by atoms with Crippen molar-refractivity contribution < 1.29 is 14.7 Å². The number of carbonyl (C=O) groups excluding carboxylic acids is 1. The van der Waals surface area contributed by atoms with Crippen molar-refractivity contribution in [2.75, 3.05) is 0 Å². The highest BCUT2D eigenvalue weighted by atomic mass is 16.4. The fraction of sp³-hybridized carbons (Fsp3) is 0.400. The summed E-state index contributed by atoms with van der Waals surface area (Å²) >= 11 is 0. The monoisotopic (exact) mass is 210 g/mol. The maximum atomic E-state index is 10.8. The van der Waals surface area contributed by atoms with Crippen molar-refractivity contribution in [3.63, 3.8) is 0 Å². The van der Waals surface area contributed by atoms with Gasteiger partial charge in [-0.15, -0.1) is 0 Å². The zero-order valence-electron chi connectivity index (χ0n) is 8.51. The molecule has 0 bridgehead atoms. The lowest BCUT2D eigenvalue weighted by Crippen LogP contribution is -2.38. The molecule has 5 nitrogen and oxygen atoms in total. The Labute approximate surface area is 87.7 Å². The Bertz CT molecular complexity index is 346. The first kappa shape index (κ1) is 11.3. The number of carboxylic acid groups (broad SMARTS) is 1. The topological polar surface area (TPSA) is 71.3 Å². The first-order chi connectivity index (χ1) is 7.19. The van der Waals surface area contributed by atoms with Gasteiger partial charge >= 0.3 is 5.97 Å². The van der Waals surface area contributed by atoms with Crippen LogP contribution >= 0.6 is 0 Å². The van der Waals surface area contributed by atoms with Crippen molar-refractivity contribution in [1.82, 2.24) is 9.88 Å². The van der Waals surface area contributed by atoms with E-state index in [1.165, 1.54) is 0 Å². The van der Waals surface area contributed by atoms with Gasteiger partial charge in [0.05, 0.1) is 0 Å². The smallest absolute Gasteiger partial charge is 0.326 e. The van der Waals surface area contributed by atoms with Gasteiger partial charge in [0.25, 0.3) is 0 Å². The van der Waals surface area contributed by atoms with Gasteiger partial charge in [0, 0.05) is 24.9 Å². The van der Waals surface area contributed by atoms with Crippen LogP contribution in [0.15, 0.2) is 18.3 Å². The lowest BCUT2D eigenvalue weighted by Gasteiger charge is -2.12. The van der Waals surface area contributed by atoms with Gasteiger partial charge in [0.15, 0.2) is 0 Å². The van der Waals surface area contributed by atoms with E-state index in [1.807, 2.05) is 29.8 Å². The van der Waals surface area contributed by atoms with Gasteiger partial charge < -0.3 is 15.0 Å². The molecule has 0 saturated carbocycles. The molecule has 0 aliphatic rings. The SMILES string of the molecule is CCn1cccc1CC(NC=O)C(=O)O. The Kier molecular flexibility index (Phi) is 3.91. The third-order valence-corrected chi connectivity index (χ3v) is 2.24. The summed E-state index contributed by atoms with van der Waals surface area (Å²) in [6.45, 7) is 2.77. The van der Waals surface area contributed by atoms with Crippen LogP contribution in [0.5, 0.6) is 0 Å². The summed E-state index contributed by atoms with van der Waals surface area (Å²) in [6.07, 6.45) is 2.60. The average molecular weight is 210 g/mol. The largest absolute Gasteiger partial charge is 0.480 e. The number of nitrogens with one attached hydrogen (secondary N) is 1.